The summed E-state index contributed by atoms with van der Waals surface area (Å²) in [4.78, 5) is 13.7. The number of para-hydroxylation sites is 2. The van der Waals surface area contributed by atoms with Crippen LogP contribution in [0.5, 0.6) is 11.5 Å². The van der Waals surface area contributed by atoms with Crippen molar-refractivity contribution in [3.05, 3.63) is 53.8 Å². The van der Waals surface area contributed by atoms with Crippen LogP contribution in [0.1, 0.15) is 5.56 Å². The molecule has 23 heavy (non-hydrogen) atoms. The normalized spacial score (nSPS) is 10.1. The summed E-state index contributed by atoms with van der Waals surface area (Å²) in [5, 5.41) is 2.76. The van der Waals surface area contributed by atoms with Gasteiger partial charge in [-0.05, 0) is 29.8 Å². The molecule has 0 aromatic heterocycles. The fourth-order valence-corrected chi connectivity index (χ4v) is 2.11. The fraction of sp³-hybridized carbons (Fsp3) is 0.235. The van der Waals surface area contributed by atoms with Crippen molar-refractivity contribution in [1.82, 2.24) is 4.90 Å². The Kier molecular flexibility index (Phi) is 5.41. The number of ether oxygens (including phenoxy) is 2. The summed E-state index contributed by atoms with van der Waals surface area (Å²) in [5.41, 5.74) is 1.24. The lowest BCUT2D eigenvalue weighted by Crippen LogP contribution is -2.31. The van der Waals surface area contributed by atoms with Gasteiger partial charge in [0.25, 0.3) is 0 Å². The third-order valence-electron chi connectivity index (χ3n) is 3.33. The molecule has 0 unspecified atom stereocenters. The molecule has 0 saturated heterocycles. The average molecular weight is 318 g/mol. The molecule has 0 atom stereocenters. The van der Waals surface area contributed by atoms with Crippen LogP contribution in [-0.2, 0) is 6.54 Å². The van der Waals surface area contributed by atoms with Gasteiger partial charge in [0.1, 0.15) is 5.75 Å². The van der Waals surface area contributed by atoms with Gasteiger partial charge in [0.2, 0.25) is 0 Å². The molecule has 0 saturated carbocycles. The lowest BCUT2D eigenvalue weighted by atomic mass is 10.2. The van der Waals surface area contributed by atoms with E-state index in [4.69, 9.17) is 9.47 Å². The Labute approximate surface area is 134 Å². The number of urea groups is 1. The molecule has 1 N–H and O–H groups in total. The smallest absolute Gasteiger partial charge is 0.321 e. The maximum absolute atomic E-state index is 13.7. The molecule has 0 radical (unpaired) electrons. The zero-order valence-corrected chi connectivity index (χ0v) is 13.3. The Hall–Kier alpha value is -2.76. The second-order valence-electron chi connectivity index (χ2n) is 4.96. The van der Waals surface area contributed by atoms with Gasteiger partial charge in [-0.15, -0.1) is 0 Å². The lowest BCUT2D eigenvalue weighted by molar-refractivity contribution is 0.220. The third kappa shape index (κ3) is 4.12. The maximum Gasteiger partial charge on any atom is 0.321 e. The number of halogens is 1. The van der Waals surface area contributed by atoms with Crippen molar-refractivity contribution in [2.75, 3.05) is 26.6 Å². The summed E-state index contributed by atoms with van der Waals surface area (Å²) in [7, 11) is 4.58. The van der Waals surface area contributed by atoms with Crippen molar-refractivity contribution >= 4 is 11.7 Å². The van der Waals surface area contributed by atoms with E-state index in [-0.39, 0.29) is 18.3 Å². The Bertz CT molecular complexity index is 691. The van der Waals surface area contributed by atoms with Gasteiger partial charge in [-0.3, -0.25) is 0 Å². The number of nitrogens with zero attached hydrogens (tertiary/aromatic N) is 1. The summed E-state index contributed by atoms with van der Waals surface area (Å²) in [6.07, 6.45) is 0. The Balaban J connectivity index is 2.04. The number of carbonyl (C=O) groups is 1. The van der Waals surface area contributed by atoms with Crippen molar-refractivity contribution in [2.45, 2.75) is 6.54 Å². The van der Waals surface area contributed by atoms with Gasteiger partial charge in [0.05, 0.1) is 19.9 Å². The first-order chi connectivity index (χ1) is 11.0. The van der Waals surface area contributed by atoms with Crippen molar-refractivity contribution in [2.24, 2.45) is 0 Å². The number of hydrogen-bond acceptors (Lipinski definition) is 3. The molecule has 0 heterocycles. The highest BCUT2D eigenvalue weighted by Gasteiger charge is 2.13. The van der Waals surface area contributed by atoms with Crippen LogP contribution >= 0.6 is 0 Å². The van der Waals surface area contributed by atoms with E-state index in [2.05, 4.69) is 5.32 Å². The van der Waals surface area contributed by atoms with Crippen LogP contribution in [-0.4, -0.2) is 32.2 Å². The molecule has 2 aromatic rings. The van der Waals surface area contributed by atoms with Gasteiger partial charge in [-0.2, -0.15) is 0 Å². The fourth-order valence-electron chi connectivity index (χ4n) is 2.11. The van der Waals surface area contributed by atoms with Crippen LogP contribution in [0.4, 0.5) is 14.9 Å². The largest absolute Gasteiger partial charge is 0.495 e. The zero-order chi connectivity index (χ0) is 16.8. The molecule has 5 nitrogen and oxygen atoms in total. The summed E-state index contributed by atoms with van der Waals surface area (Å²) in [6.45, 7) is 0.266. The molecule has 122 valence electrons. The summed E-state index contributed by atoms with van der Waals surface area (Å²) >= 11 is 0. The Morgan fingerprint density at radius 1 is 1.13 bits per heavy atom. The number of amides is 2. The Morgan fingerprint density at radius 3 is 2.48 bits per heavy atom. The van der Waals surface area contributed by atoms with Crippen molar-refractivity contribution in [3.8, 4) is 11.5 Å². The van der Waals surface area contributed by atoms with E-state index in [0.717, 1.165) is 0 Å². The van der Waals surface area contributed by atoms with Crippen LogP contribution in [0.15, 0.2) is 42.5 Å². The maximum atomic E-state index is 13.7. The second-order valence-corrected chi connectivity index (χ2v) is 4.96. The minimum atomic E-state index is -0.455. The SMILES string of the molecule is COc1ccc(CN(C)C(=O)Nc2ccccc2OC)cc1F. The quantitative estimate of drug-likeness (QED) is 0.918. The third-order valence-corrected chi connectivity index (χ3v) is 3.33. The minimum absolute atomic E-state index is 0.176. The van der Waals surface area contributed by atoms with Crippen molar-refractivity contribution in [3.63, 3.8) is 0 Å². The van der Waals surface area contributed by atoms with Gasteiger partial charge in [0.15, 0.2) is 11.6 Å². The van der Waals surface area contributed by atoms with Crippen LogP contribution < -0.4 is 14.8 Å². The highest BCUT2D eigenvalue weighted by Crippen LogP contribution is 2.23. The van der Waals surface area contributed by atoms with E-state index in [0.29, 0.717) is 17.0 Å². The summed E-state index contributed by atoms with van der Waals surface area (Å²) < 4.78 is 23.8. The molecule has 0 aliphatic rings. The molecular formula is C17H19FN2O3. The van der Waals surface area contributed by atoms with Gasteiger partial charge < -0.3 is 19.7 Å². The van der Waals surface area contributed by atoms with Gasteiger partial charge in [0, 0.05) is 13.6 Å². The number of rotatable bonds is 5. The first kappa shape index (κ1) is 16.6. The standard InChI is InChI=1S/C17H19FN2O3/c1-20(11-12-8-9-15(22-2)13(18)10-12)17(21)19-14-6-4-5-7-16(14)23-3/h4-10H,11H2,1-3H3,(H,19,21). The van der Waals surface area contributed by atoms with Crippen LogP contribution in [0, 0.1) is 5.82 Å². The zero-order valence-electron chi connectivity index (χ0n) is 13.3. The first-order valence-electron chi connectivity index (χ1n) is 7.02. The summed E-state index contributed by atoms with van der Waals surface area (Å²) in [6, 6.07) is 11.4. The first-order valence-corrected chi connectivity index (χ1v) is 7.02. The minimum Gasteiger partial charge on any atom is -0.495 e. The molecule has 6 heteroatoms. The topological polar surface area (TPSA) is 50.8 Å². The molecule has 2 amide bonds. The molecular weight excluding hydrogens is 299 g/mol. The summed E-state index contributed by atoms with van der Waals surface area (Å²) in [5.74, 6) is 0.295. The van der Waals surface area contributed by atoms with Crippen molar-refractivity contribution < 1.29 is 18.7 Å². The van der Waals surface area contributed by atoms with E-state index in [1.807, 2.05) is 6.07 Å². The highest BCUT2D eigenvalue weighted by molar-refractivity contribution is 5.90. The number of methoxy groups -OCH3 is 2. The van der Waals surface area contributed by atoms with Gasteiger partial charge in [-0.1, -0.05) is 18.2 Å². The van der Waals surface area contributed by atoms with Crippen LogP contribution in [0.25, 0.3) is 0 Å². The van der Waals surface area contributed by atoms with Crippen LogP contribution in [0.3, 0.4) is 0 Å². The molecule has 0 aliphatic heterocycles. The van der Waals surface area contributed by atoms with E-state index < -0.39 is 5.82 Å². The molecule has 0 spiro atoms. The van der Waals surface area contributed by atoms with Crippen LogP contribution in [0.2, 0.25) is 0 Å². The number of anilines is 1. The van der Waals surface area contributed by atoms with E-state index >= 15 is 0 Å². The lowest BCUT2D eigenvalue weighted by Gasteiger charge is -2.19. The second kappa shape index (κ2) is 7.49. The van der Waals surface area contributed by atoms with Gasteiger partial charge >= 0.3 is 6.03 Å². The number of benzene rings is 2. The predicted octanol–water partition coefficient (Wildman–Crippen LogP) is 3.51. The molecule has 0 bridgehead atoms. The molecule has 2 rings (SSSR count). The van der Waals surface area contributed by atoms with E-state index in [9.17, 15) is 9.18 Å². The predicted molar refractivity (Wildman–Crippen MR) is 86.4 cm³/mol. The monoisotopic (exact) mass is 318 g/mol. The Morgan fingerprint density at radius 2 is 1.83 bits per heavy atom. The highest BCUT2D eigenvalue weighted by atomic mass is 19.1. The van der Waals surface area contributed by atoms with E-state index in [1.54, 1.807) is 31.3 Å². The van der Waals surface area contributed by atoms with Crippen molar-refractivity contribution in [1.29, 1.82) is 0 Å². The number of hydrogen-bond donors (Lipinski definition) is 1. The van der Waals surface area contributed by atoms with E-state index in [1.165, 1.54) is 31.3 Å². The molecule has 2 aromatic carbocycles. The molecule has 0 aliphatic carbocycles. The number of nitrogens with one attached hydrogen (secondary N) is 1. The average Bonchev–Trinajstić information content (AvgIpc) is 2.55. The number of carbonyl (C=O) groups excluding carboxylic acids is 1. The molecule has 0 fully saturated rings. The van der Waals surface area contributed by atoms with Gasteiger partial charge in [-0.25, -0.2) is 9.18 Å².